The quantitative estimate of drug-likeness (QED) is 0.145. The summed E-state index contributed by atoms with van der Waals surface area (Å²) in [5.41, 5.74) is 3.86. The van der Waals surface area contributed by atoms with Gasteiger partial charge < -0.3 is 20.2 Å². The van der Waals surface area contributed by atoms with Crippen LogP contribution in [0.4, 0.5) is 10.1 Å². The number of halogens is 1. The van der Waals surface area contributed by atoms with E-state index < -0.39 is 12.1 Å². The average molecular weight is 586 g/mol. The molecule has 1 aliphatic rings. The van der Waals surface area contributed by atoms with Crippen LogP contribution in [-0.4, -0.2) is 51.0 Å². The number of carbonyl (C=O) groups excluding carboxylic acids is 2. The number of carbonyl (C=O) groups is 2. The van der Waals surface area contributed by atoms with Crippen LogP contribution in [0.2, 0.25) is 0 Å². The van der Waals surface area contributed by atoms with E-state index in [9.17, 15) is 19.2 Å². The number of allylic oxidation sites excluding steroid dienone is 4. The molecule has 0 saturated heterocycles. The molecule has 2 unspecified atom stereocenters. The van der Waals surface area contributed by atoms with E-state index in [0.717, 1.165) is 16.0 Å². The number of fused-ring (bicyclic) bond motifs is 1. The number of nitriles is 1. The topological polar surface area (TPSA) is 120 Å². The summed E-state index contributed by atoms with van der Waals surface area (Å²) < 4.78 is 20.0. The molecule has 2 atom stereocenters. The molecule has 3 aromatic rings. The summed E-state index contributed by atoms with van der Waals surface area (Å²) in [7, 11) is 0. The van der Waals surface area contributed by atoms with Crippen LogP contribution < -0.4 is 5.32 Å². The Morgan fingerprint density at radius 2 is 2.05 bits per heavy atom. The van der Waals surface area contributed by atoms with Crippen molar-refractivity contribution in [2.45, 2.75) is 52.2 Å². The SMILES string of the molecule is C=C/C(=C\C(=C/C)N(CCC(=O)OCC)C(=O)c1ccc2c(c1)nc(CNc1ccc(C#N)cc1)n2O)C1CCC(F)C1. The van der Waals surface area contributed by atoms with E-state index in [1.165, 1.54) is 4.90 Å². The van der Waals surface area contributed by atoms with E-state index in [4.69, 9.17) is 10.00 Å². The van der Waals surface area contributed by atoms with Gasteiger partial charge in [0.1, 0.15) is 11.7 Å². The van der Waals surface area contributed by atoms with E-state index in [1.54, 1.807) is 68.5 Å². The zero-order chi connectivity index (χ0) is 30.9. The summed E-state index contributed by atoms with van der Waals surface area (Å²) in [6.07, 6.45) is 6.07. The molecule has 0 bridgehead atoms. The number of hydrogen-bond donors (Lipinski definition) is 2. The van der Waals surface area contributed by atoms with Gasteiger partial charge in [0.15, 0.2) is 5.82 Å². The molecule has 43 heavy (non-hydrogen) atoms. The molecular weight excluding hydrogens is 549 g/mol. The number of anilines is 1. The molecule has 10 heteroatoms. The standard InChI is InChI=1S/C33H36FN5O4/c1-4-23(24-9-11-26(34)17-24)18-28(5-2)38(16-15-32(40)43-6-3)33(41)25-10-14-30-29(19-25)37-31(39(30)42)21-36-27-12-7-22(20-35)8-13-27/h4-5,7-8,10,12-14,18-19,24,26,36,42H,1,6,9,11,15-17,21H2,2-3H3/b23-18+,28-5+. The second-order valence-electron chi connectivity index (χ2n) is 10.3. The van der Waals surface area contributed by atoms with Crippen molar-refractivity contribution in [1.82, 2.24) is 14.6 Å². The van der Waals surface area contributed by atoms with Crippen molar-refractivity contribution in [3.8, 4) is 6.07 Å². The molecule has 224 valence electrons. The third-order valence-corrected chi connectivity index (χ3v) is 7.50. The lowest BCUT2D eigenvalue weighted by molar-refractivity contribution is -0.143. The minimum absolute atomic E-state index is 0.00522. The van der Waals surface area contributed by atoms with Crippen molar-refractivity contribution in [2.24, 2.45) is 5.92 Å². The van der Waals surface area contributed by atoms with Crippen molar-refractivity contribution in [3.63, 3.8) is 0 Å². The fourth-order valence-electron chi connectivity index (χ4n) is 5.21. The van der Waals surface area contributed by atoms with Gasteiger partial charge in [-0.1, -0.05) is 18.7 Å². The van der Waals surface area contributed by atoms with E-state index in [2.05, 4.69) is 22.9 Å². The van der Waals surface area contributed by atoms with Crippen LogP contribution in [0.5, 0.6) is 0 Å². The number of aromatic nitrogens is 2. The highest BCUT2D eigenvalue weighted by Crippen LogP contribution is 2.34. The number of rotatable bonds is 12. The first-order chi connectivity index (χ1) is 20.8. The summed E-state index contributed by atoms with van der Waals surface area (Å²) in [6.45, 7) is 7.94. The molecule has 1 fully saturated rings. The van der Waals surface area contributed by atoms with Crippen LogP contribution in [0.25, 0.3) is 11.0 Å². The van der Waals surface area contributed by atoms with Gasteiger partial charge in [0.25, 0.3) is 5.91 Å². The number of benzene rings is 2. The van der Waals surface area contributed by atoms with Crippen LogP contribution in [0, 0.1) is 17.2 Å². The Hall–Kier alpha value is -4.91. The predicted molar refractivity (Wildman–Crippen MR) is 162 cm³/mol. The predicted octanol–water partition coefficient (Wildman–Crippen LogP) is 6.31. The Morgan fingerprint density at radius 3 is 2.67 bits per heavy atom. The van der Waals surface area contributed by atoms with Gasteiger partial charge in [0, 0.05) is 23.5 Å². The Kier molecular flexibility index (Phi) is 10.3. The Balaban J connectivity index is 1.60. The highest BCUT2D eigenvalue weighted by Gasteiger charge is 2.27. The van der Waals surface area contributed by atoms with Crippen molar-refractivity contribution >= 4 is 28.6 Å². The van der Waals surface area contributed by atoms with Gasteiger partial charge in [-0.3, -0.25) is 9.59 Å². The van der Waals surface area contributed by atoms with Gasteiger partial charge >= 0.3 is 5.97 Å². The molecule has 2 N–H and O–H groups in total. The lowest BCUT2D eigenvalue weighted by atomic mass is 9.96. The number of hydrogen-bond acceptors (Lipinski definition) is 7. The lowest BCUT2D eigenvalue weighted by Crippen LogP contribution is -2.32. The van der Waals surface area contributed by atoms with Gasteiger partial charge in [-0.05, 0) is 93.1 Å². The molecule has 1 aromatic heterocycles. The van der Waals surface area contributed by atoms with Crippen molar-refractivity contribution in [3.05, 3.63) is 95.5 Å². The van der Waals surface area contributed by atoms with Crippen LogP contribution in [-0.2, 0) is 16.1 Å². The molecular formula is C33H36FN5O4. The summed E-state index contributed by atoms with van der Waals surface area (Å²) >= 11 is 0. The largest absolute Gasteiger partial charge is 0.466 e. The lowest BCUT2D eigenvalue weighted by Gasteiger charge is -2.25. The maximum absolute atomic E-state index is 14.0. The van der Waals surface area contributed by atoms with Crippen molar-refractivity contribution < 1.29 is 23.9 Å². The number of imidazole rings is 1. The van der Waals surface area contributed by atoms with E-state index in [-0.39, 0.29) is 37.9 Å². The fraction of sp³-hybridized carbons (Fsp3) is 0.333. The monoisotopic (exact) mass is 585 g/mol. The first-order valence-electron chi connectivity index (χ1n) is 14.3. The number of ether oxygens (including phenoxy) is 1. The van der Waals surface area contributed by atoms with Crippen LogP contribution in [0.3, 0.4) is 0 Å². The zero-order valence-corrected chi connectivity index (χ0v) is 24.4. The van der Waals surface area contributed by atoms with E-state index >= 15 is 0 Å². The highest BCUT2D eigenvalue weighted by molar-refractivity contribution is 5.98. The smallest absolute Gasteiger partial charge is 0.307 e. The molecule has 0 aliphatic heterocycles. The first-order valence-corrected chi connectivity index (χ1v) is 14.3. The molecule has 1 amide bonds. The molecule has 4 rings (SSSR count). The molecule has 1 aliphatic carbocycles. The van der Waals surface area contributed by atoms with E-state index in [0.29, 0.717) is 52.9 Å². The molecule has 0 radical (unpaired) electrons. The van der Waals surface area contributed by atoms with E-state index in [1.807, 2.05) is 6.08 Å². The summed E-state index contributed by atoms with van der Waals surface area (Å²) in [6, 6.07) is 13.8. The normalized spacial score (nSPS) is 17.0. The van der Waals surface area contributed by atoms with Gasteiger partial charge in [0.05, 0.1) is 36.7 Å². The minimum atomic E-state index is -0.855. The number of esters is 1. The molecule has 1 heterocycles. The Bertz CT molecular complexity index is 1580. The van der Waals surface area contributed by atoms with Crippen LogP contribution in [0.1, 0.15) is 61.3 Å². The third kappa shape index (κ3) is 7.49. The maximum atomic E-state index is 14.0. The second kappa shape index (κ2) is 14.3. The maximum Gasteiger partial charge on any atom is 0.307 e. The molecule has 2 aromatic carbocycles. The summed E-state index contributed by atoms with van der Waals surface area (Å²) in [5.74, 6) is -0.448. The number of amides is 1. The Morgan fingerprint density at radius 1 is 1.28 bits per heavy atom. The van der Waals surface area contributed by atoms with Gasteiger partial charge in [-0.15, -0.1) is 0 Å². The number of nitrogens with one attached hydrogen (secondary N) is 1. The average Bonchev–Trinajstić information content (AvgIpc) is 3.59. The van der Waals surface area contributed by atoms with Gasteiger partial charge in [0.2, 0.25) is 0 Å². The van der Waals surface area contributed by atoms with Crippen molar-refractivity contribution in [2.75, 3.05) is 18.5 Å². The summed E-state index contributed by atoms with van der Waals surface area (Å²) in [4.78, 5) is 32.2. The zero-order valence-electron chi connectivity index (χ0n) is 24.4. The van der Waals surface area contributed by atoms with Crippen LogP contribution >= 0.6 is 0 Å². The van der Waals surface area contributed by atoms with Gasteiger partial charge in [-0.25, -0.2) is 9.37 Å². The highest BCUT2D eigenvalue weighted by atomic mass is 19.1. The summed E-state index contributed by atoms with van der Waals surface area (Å²) in [5, 5.41) is 22.9. The number of nitrogens with zero attached hydrogens (tertiary/aromatic N) is 4. The molecule has 9 nitrogen and oxygen atoms in total. The molecule has 0 spiro atoms. The fourth-order valence-corrected chi connectivity index (χ4v) is 5.21. The Labute approximate surface area is 250 Å². The minimum Gasteiger partial charge on any atom is -0.466 e. The first kappa shape index (κ1) is 31.0. The van der Waals surface area contributed by atoms with Gasteiger partial charge in [-0.2, -0.15) is 9.99 Å². The number of alkyl halides is 1. The van der Waals surface area contributed by atoms with Crippen molar-refractivity contribution in [1.29, 1.82) is 5.26 Å². The third-order valence-electron chi connectivity index (χ3n) is 7.50. The second-order valence-corrected chi connectivity index (χ2v) is 10.3. The van der Waals surface area contributed by atoms with Crippen LogP contribution in [0.15, 0.2) is 78.5 Å². The molecule has 1 saturated carbocycles.